The minimum absolute atomic E-state index is 0.250. The van der Waals surface area contributed by atoms with Crippen molar-refractivity contribution in [2.45, 2.75) is 24.8 Å². The van der Waals surface area contributed by atoms with Crippen LogP contribution in [0.2, 0.25) is 5.02 Å². The van der Waals surface area contributed by atoms with Crippen LogP contribution < -0.4 is 5.73 Å². The monoisotopic (exact) mass is 225 g/mol. The van der Waals surface area contributed by atoms with Gasteiger partial charge in [0, 0.05) is 10.6 Å². The standard InChI is InChI=1S/C12H13ClFN/c13-11-2-1-9(14)4-10(11)12(15)5-7-3-8(7)6-12/h1-2,4,7-8H,3,5-6,15H2. The van der Waals surface area contributed by atoms with Crippen LogP contribution in [0.3, 0.4) is 0 Å². The van der Waals surface area contributed by atoms with E-state index in [9.17, 15) is 4.39 Å². The lowest BCUT2D eigenvalue weighted by molar-refractivity contribution is 0.409. The van der Waals surface area contributed by atoms with Crippen LogP contribution in [0.1, 0.15) is 24.8 Å². The van der Waals surface area contributed by atoms with E-state index >= 15 is 0 Å². The van der Waals surface area contributed by atoms with Gasteiger partial charge in [-0.25, -0.2) is 4.39 Å². The Kier molecular flexibility index (Phi) is 1.89. The molecule has 2 N–H and O–H groups in total. The molecule has 0 radical (unpaired) electrons. The molecular formula is C12H13ClFN. The Morgan fingerprint density at radius 1 is 1.33 bits per heavy atom. The summed E-state index contributed by atoms with van der Waals surface area (Å²) in [6, 6.07) is 4.47. The van der Waals surface area contributed by atoms with E-state index < -0.39 is 0 Å². The van der Waals surface area contributed by atoms with Gasteiger partial charge in [0.05, 0.1) is 0 Å². The van der Waals surface area contributed by atoms with Crippen molar-refractivity contribution in [1.82, 2.24) is 0 Å². The van der Waals surface area contributed by atoms with Crippen LogP contribution >= 0.6 is 11.6 Å². The second kappa shape index (κ2) is 2.96. The maximum atomic E-state index is 13.2. The number of hydrogen-bond acceptors (Lipinski definition) is 1. The van der Waals surface area contributed by atoms with E-state index in [1.807, 2.05) is 0 Å². The molecule has 0 aliphatic heterocycles. The summed E-state index contributed by atoms with van der Waals surface area (Å²) in [5.41, 5.74) is 6.73. The molecule has 1 aromatic carbocycles. The predicted molar refractivity (Wildman–Crippen MR) is 58.1 cm³/mol. The lowest BCUT2D eigenvalue weighted by Gasteiger charge is -2.27. The molecule has 80 valence electrons. The summed E-state index contributed by atoms with van der Waals surface area (Å²) in [5, 5.41) is 0.597. The number of fused-ring (bicyclic) bond motifs is 1. The molecular weight excluding hydrogens is 213 g/mol. The van der Waals surface area contributed by atoms with E-state index in [1.165, 1.54) is 18.6 Å². The summed E-state index contributed by atoms with van der Waals surface area (Å²) in [5.74, 6) is 1.27. The van der Waals surface area contributed by atoms with Gasteiger partial charge in [0.2, 0.25) is 0 Å². The number of halogens is 2. The van der Waals surface area contributed by atoms with Gasteiger partial charge in [-0.05, 0) is 54.9 Å². The highest BCUT2D eigenvalue weighted by Gasteiger charge is 2.53. The van der Waals surface area contributed by atoms with Crippen molar-refractivity contribution in [2.75, 3.05) is 0 Å². The molecule has 0 aromatic heterocycles. The zero-order chi connectivity index (χ0) is 10.6. The quantitative estimate of drug-likeness (QED) is 0.781. The van der Waals surface area contributed by atoms with Crippen molar-refractivity contribution < 1.29 is 4.39 Å². The minimum atomic E-state index is -0.382. The van der Waals surface area contributed by atoms with Crippen LogP contribution in [-0.2, 0) is 5.54 Å². The van der Waals surface area contributed by atoms with Crippen LogP contribution in [0, 0.1) is 17.7 Å². The smallest absolute Gasteiger partial charge is 0.123 e. The first kappa shape index (κ1) is 9.61. The first-order valence-corrected chi connectivity index (χ1v) is 5.71. The van der Waals surface area contributed by atoms with E-state index in [2.05, 4.69) is 0 Å². The molecule has 0 heterocycles. The summed E-state index contributed by atoms with van der Waals surface area (Å²) >= 11 is 6.08. The normalized spacial score (nSPS) is 37.8. The Morgan fingerprint density at radius 3 is 2.67 bits per heavy atom. The third-order valence-electron chi connectivity index (χ3n) is 3.79. The largest absolute Gasteiger partial charge is 0.321 e. The average Bonchev–Trinajstić information content (AvgIpc) is 2.79. The highest BCUT2D eigenvalue weighted by atomic mass is 35.5. The lowest BCUT2D eigenvalue weighted by Crippen LogP contribution is -2.35. The molecule has 2 unspecified atom stereocenters. The zero-order valence-corrected chi connectivity index (χ0v) is 9.10. The third-order valence-corrected chi connectivity index (χ3v) is 4.12. The van der Waals surface area contributed by atoms with Crippen LogP contribution in [0.4, 0.5) is 4.39 Å². The summed E-state index contributed by atoms with van der Waals surface area (Å²) in [6.45, 7) is 0. The molecule has 1 nitrogen and oxygen atoms in total. The van der Waals surface area contributed by atoms with Crippen molar-refractivity contribution in [3.8, 4) is 0 Å². The van der Waals surface area contributed by atoms with Crippen molar-refractivity contribution in [1.29, 1.82) is 0 Å². The Labute approximate surface area is 93.4 Å². The van der Waals surface area contributed by atoms with Crippen LogP contribution in [-0.4, -0.2) is 0 Å². The summed E-state index contributed by atoms with van der Waals surface area (Å²) in [6.07, 6.45) is 3.22. The molecule has 2 fully saturated rings. The second-order valence-corrected chi connectivity index (χ2v) is 5.35. The number of benzene rings is 1. The average molecular weight is 226 g/mol. The Morgan fingerprint density at radius 2 is 2.00 bits per heavy atom. The topological polar surface area (TPSA) is 26.0 Å². The number of nitrogens with two attached hydrogens (primary N) is 1. The van der Waals surface area contributed by atoms with E-state index in [1.54, 1.807) is 6.07 Å². The Hall–Kier alpha value is -0.600. The van der Waals surface area contributed by atoms with Gasteiger partial charge in [0.25, 0.3) is 0 Å². The fourth-order valence-electron chi connectivity index (χ4n) is 2.93. The molecule has 2 aliphatic carbocycles. The molecule has 0 amide bonds. The maximum Gasteiger partial charge on any atom is 0.123 e. The Balaban J connectivity index is 2.01. The molecule has 2 atom stereocenters. The SMILES string of the molecule is NC1(c2cc(F)ccc2Cl)CC2CC2C1. The first-order chi connectivity index (χ1) is 7.08. The van der Waals surface area contributed by atoms with Gasteiger partial charge >= 0.3 is 0 Å². The fraction of sp³-hybridized carbons (Fsp3) is 0.500. The van der Waals surface area contributed by atoms with Gasteiger partial charge < -0.3 is 5.73 Å². The van der Waals surface area contributed by atoms with Gasteiger partial charge in [-0.1, -0.05) is 11.6 Å². The van der Waals surface area contributed by atoms with Gasteiger partial charge in [0.1, 0.15) is 5.82 Å². The highest BCUT2D eigenvalue weighted by Crippen LogP contribution is 2.59. The lowest BCUT2D eigenvalue weighted by atomic mass is 9.86. The molecule has 2 aliphatic rings. The third kappa shape index (κ3) is 1.47. The first-order valence-electron chi connectivity index (χ1n) is 5.33. The van der Waals surface area contributed by atoms with Crippen LogP contribution in [0.15, 0.2) is 18.2 Å². The molecule has 15 heavy (non-hydrogen) atoms. The molecule has 1 aromatic rings. The number of rotatable bonds is 1. The maximum absolute atomic E-state index is 13.2. The van der Waals surface area contributed by atoms with Crippen molar-refractivity contribution >= 4 is 11.6 Å². The summed E-state index contributed by atoms with van der Waals surface area (Å²) in [4.78, 5) is 0. The van der Waals surface area contributed by atoms with Gasteiger partial charge in [-0.15, -0.1) is 0 Å². The van der Waals surface area contributed by atoms with Crippen LogP contribution in [0.25, 0.3) is 0 Å². The molecule has 3 rings (SSSR count). The van der Waals surface area contributed by atoms with Gasteiger partial charge in [-0.2, -0.15) is 0 Å². The van der Waals surface area contributed by atoms with Gasteiger partial charge in [-0.3, -0.25) is 0 Å². The van der Waals surface area contributed by atoms with Crippen molar-refractivity contribution in [3.05, 3.63) is 34.6 Å². The van der Waals surface area contributed by atoms with E-state index in [-0.39, 0.29) is 11.4 Å². The molecule has 0 spiro atoms. The Bertz CT molecular complexity index is 408. The highest BCUT2D eigenvalue weighted by molar-refractivity contribution is 6.31. The summed E-state index contributed by atoms with van der Waals surface area (Å²) in [7, 11) is 0. The molecule has 2 saturated carbocycles. The van der Waals surface area contributed by atoms with Crippen molar-refractivity contribution in [2.24, 2.45) is 17.6 Å². The molecule has 0 saturated heterocycles. The fourth-order valence-corrected chi connectivity index (χ4v) is 3.23. The van der Waals surface area contributed by atoms with Crippen LogP contribution in [0.5, 0.6) is 0 Å². The number of hydrogen-bond donors (Lipinski definition) is 1. The molecule has 3 heteroatoms. The summed E-state index contributed by atoms with van der Waals surface area (Å²) < 4.78 is 13.2. The predicted octanol–water partition coefficient (Wildman–Crippen LogP) is 3.06. The minimum Gasteiger partial charge on any atom is -0.321 e. The van der Waals surface area contributed by atoms with E-state index in [0.717, 1.165) is 30.2 Å². The molecule has 0 bridgehead atoms. The van der Waals surface area contributed by atoms with E-state index in [0.29, 0.717) is 5.02 Å². The van der Waals surface area contributed by atoms with Crippen molar-refractivity contribution in [3.63, 3.8) is 0 Å². The second-order valence-electron chi connectivity index (χ2n) is 4.94. The van der Waals surface area contributed by atoms with Gasteiger partial charge in [0.15, 0.2) is 0 Å². The zero-order valence-electron chi connectivity index (χ0n) is 8.34. The van der Waals surface area contributed by atoms with E-state index in [4.69, 9.17) is 17.3 Å².